The highest BCUT2D eigenvalue weighted by Gasteiger charge is 2.23. The molecule has 0 aromatic heterocycles. The molecular formula is C13H14FNO2S. The molecule has 1 unspecified atom stereocenters. The zero-order valence-electron chi connectivity index (χ0n) is 10.0. The summed E-state index contributed by atoms with van der Waals surface area (Å²) in [7, 11) is 0. The van der Waals surface area contributed by atoms with Gasteiger partial charge in [-0.1, -0.05) is 0 Å². The minimum absolute atomic E-state index is 0.117. The fourth-order valence-corrected chi connectivity index (χ4v) is 3.09. The van der Waals surface area contributed by atoms with E-state index in [1.807, 2.05) is 0 Å². The summed E-state index contributed by atoms with van der Waals surface area (Å²) in [5.74, 6) is 0.109. The van der Waals surface area contributed by atoms with Crippen molar-refractivity contribution >= 4 is 23.5 Å². The van der Waals surface area contributed by atoms with E-state index in [4.69, 9.17) is 0 Å². The van der Waals surface area contributed by atoms with E-state index in [1.54, 1.807) is 17.8 Å². The summed E-state index contributed by atoms with van der Waals surface area (Å²) >= 11 is 1.66. The number of benzene rings is 1. The Morgan fingerprint density at radius 1 is 1.50 bits per heavy atom. The van der Waals surface area contributed by atoms with Gasteiger partial charge in [-0.05, 0) is 37.1 Å². The van der Waals surface area contributed by atoms with Crippen LogP contribution in [0.3, 0.4) is 0 Å². The molecule has 18 heavy (non-hydrogen) atoms. The lowest BCUT2D eigenvalue weighted by Gasteiger charge is -2.25. The zero-order chi connectivity index (χ0) is 13.1. The molecule has 2 rings (SSSR count). The summed E-state index contributed by atoms with van der Waals surface area (Å²) in [6, 6.07) is 4.42. The average molecular weight is 267 g/mol. The number of halogens is 1. The Balaban J connectivity index is 2.14. The van der Waals surface area contributed by atoms with E-state index >= 15 is 0 Å². The summed E-state index contributed by atoms with van der Waals surface area (Å²) in [5, 5.41) is 2.79. The lowest BCUT2D eigenvalue weighted by Crippen LogP contribution is -2.31. The van der Waals surface area contributed by atoms with E-state index in [2.05, 4.69) is 5.32 Å². The summed E-state index contributed by atoms with van der Waals surface area (Å²) in [5.41, 5.74) is 0.808. The van der Waals surface area contributed by atoms with Crippen LogP contribution in [0, 0.1) is 5.82 Å². The van der Waals surface area contributed by atoms with Gasteiger partial charge in [0.15, 0.2) is 0 Å². The third kappa shape index (κ3) is 3.10. The van der Waals surface area contributed by atoms with Crippen LogP contribution in [-0.2, 0) is 9.59 Å². The van der Waals surface area contributed by atoms with Gasteiger partial charge >= 0.3 is 0 Å². The molecule has 0 aliphatic carbocycles. The van der Waals surface area contributed by atoms with Crippen LogP contribution < -0.4 is 5.32 Å². The number of thioether (sulfide) groups is 1. The SMILES string of the molecule is CC(=O)CC(=O)NC1CCSc2ccc(F)cc21. The first-order chi connectivity index (χ1) is 8.56. The molecule has 0 radical (unpaired) electrons. The smallest absolute Gasteiger partial charge is 0.227 e. The van der Waals surface area contributed by atoms with E-state index < -0.39 is 0 Å². The monoisotopic (exact) mass is 267 g/mol. The van der Waals surface area contributed by atoms with Crippen LogP contribution in [0.25, 0.3) is 0 Å². The molecule has 0 spiro atoms. The highest BCUT2D eigenvalue weighted by Crippen LogP contribution is 2.36. The number of ketones is 1. The highest BCUT2D eigenvalue weighted by atomic mass is 32.2. The van der Waals surface area contributed by atoms with Crippen LogP contribution >= 0.6 is 11.8 Å². The third-order valence-electron chi connectivity index (χ3n) is 2.76. The van der Waals surface area contributed by atoms with Gasteiger partial charge in [-0.2, -0.15) is 0 Å². The maximum atomic E-state index is 13.2. The molecule has 1 heterocycles. The molecule has 96 valence electrons. The molecule has 1 aromatic carbocycles. The van der Waals surface area contributed by atoms with Gasteiger partial charge in [-0.25, -0.2) is 4.39 Å². The lowest BCUT2D eigenvalue weighted by molar-refractivity contribution is -0.127. The van der Waals surface area contributed by atoms with E-state index in [0.717, 1.165) is 22.6 Å². The number of carbonyl (C=O) groups is 2. The van der Waals surface area contributed by atoms with Crippen LogP contribution in [0.2, 0.25) is 0 Å². The first-order valence-corrected chi connectivity index (χ1v) is 6.76. The number of rotatable bonds is 3. The second kappa shape index (κ2) is 5.52. The van der Waals surface area contributed by atoms with Crippen LogP contribution in [0.4, 0.5) is 4.39 Å². The van der Waals surface area contributed by atoms with Crippen LogP contribution in [0.15, 0.2) is 23.1 Å². The molecule has 5 heteroatoms. The Bertz CT molecular complexity index is 490. The first kappa shape index (κ1) is 13.1. The van der Waals surface area contributed by atoms with Crippen LogP contribution in [0.5, 0.6) is 0 Å². The maximum Gasteiger partial charge on any atom is 0.227 e. The molecule has 1 atom stereocenters. The molecule has 1 aliphatic rings. The molecular weight excluding hydrogens is 253 g/mol. The van der Waals surface area contributed by atoms with Gasteiger partial charge in [0.25, 0.3) is 0 Å². The normalized spacial score (nSPS) is 18.0. The van der Waals surface area contributed by atoms with Crippen molar-refractivity contribution in [2.45, 2.75) is 30.7 Å². The predicted molar refractivity (Wildman–Crippen MR) is 67.9 cm³/mol. The second-order valence-electron chi connectivity index (χ2n) is 4.32. The van der Waals surface area contributed by atoms with Gasteiger partial charge in [0.1, 0.15) is 11.6 Å². The Kier molecular flexibility index (Phi) is 4.01. The first-order valence-electron chi connectivity index (χ1n) is 5.77. The van der Waals surface area contributed by atoms with Crippen molar-refractivity contribution in [3.63, 3.8) is 0 Å². The van der Waals surface area contributed by atoms with Crippen molar-refractivity contribution in [3.8, 4) is 0 Å². The summed E-state index contributed by atoms with van der Waals surface area (Å²) in [6.07, 6.45) is 0.638. The Labute approximate surface area is 109 Å². The van der Waals surface area contributed by atoms with Gasteiger partial charge in [0, 0.05) is 10.6 Å². The molecule has 1 aliphatic heterocycles. The minimum atomic E-state index is -0.304. The zero-order valence-corrected chi connectivity index (χ0v) is 10.8. The second-order valence-corrected chi connectivity index (χ2v) is 5.45. The van der Waals surface area contributed by atoms with Gasteiger partial charge in [-0.3, -0.25) is 9.59 Å². The van der Waals surface area contributed by atoms with Crippen LogP contribution in [-0.4, -0.2) is 17.4 Å². The average Bonchev–Trinajstić information content (AvgIpc) is 2.28. The van der Waals surface area contributed by atoms with Crippen molar-refractivity contribution in [2.75, 3.05) is 5.75 Å². The van der Waals surface area contributed by atoms with E-state index in [-0.39, 0.29) is 30.0 Å². The minimum Gasteiger partial charge on any atom is -0.349 e. The largest absolute Gasteiger partial charge is 0.349 e. The summed E-state index contributed by atoms with van der Waals surface area (Å²) in [6.45, 7) is 1.38. The molecule has 1 N–H and O–H groups in total. The fraction of sp³-hybridized carbons (Fsp3) is 0.385. The number of hydrogen-bond donors (Lipinski definition) is 1. The van der Waals surface area contributed by atoms with Gasteiger partial charge in [0.2, 0.25) is 5.91 Å². The number of fused-ring (bicyclic) bond motifs is 1. The molecule has 0 saturated heterocycles. The van der Waals surface area contributed by atoms with Crippen LogP contribution in [0.1, 0.15) is 31.4 Å². The molecule has 3 nitrogen and oxygen atoms in total. The lowest BCUT2D eigenvalue weighted by atomic mass is 10.0. The molecule has 0 bridgehead atoms. The van der Waals surface area contributed by atoms with E-state index in [1.165, 1.54) is 19.1 Å². The van der Waals surface area contributed by atoms with Crippen molar-refractivity contribution in [1.29, 1.82) is 0 Å². The molecule has 1 amide bonds. The fourth-order valence-electron chi connectivity index (χ4n) is 1.99. The van der Waals surface area contributed by atoms with E-state index in [9.17, 15) is 14.0 Å². The molecule has 0 saturated carbocycles. The Morgan fingerprint density at radius 2 is 2.28 bits per heavy atom. The topological polar surface area (TPSA) is 46.2 Å². The molecule has 1 aromatic rings. The summed E-state index contributed by atoms with van der Waals surface area (Å²) < 4.78 is 13.2. The number of carbonyl (C=O) groups excluding carboxylic acids is 2. The Hall–Kier alpha value is -1.36. The van der Waals surface area contributed by atoms with Gasteiger partial charge in [0.05, 0.1) is 12.5 Å². The van der Waals surface area contributed by atoms with Crippen molar-refractivity contribution < 1.29 is 14.0 Å². The number of Topliss-reactive ketones (excluding diaryl/α,β-unsaturated/α-hetero) is 1. The van der Waals surface area contributed by atoms with E-state index in [0.29, 0.717) is 0 Å². The molecule has 0 fully saturated rings. The number of nitrogens with one attached hydrogen (secondary N) is 1. The van der Waals surface area contributed by atoms with Gasteiger partial charge < -0.3 is 5.32 Å². The third-order valence-corrected chi connectivity index (χ3v) is 3.88. The number of hydrogen-bond acceptors (Lipinski definition) is 3. The Morgan fingerprint density at radius 3 is 3.00 bits per heavy atom. The quantitative estimate of drug-likeness (QED) is 0.856. The van der Waals surface area contributed by atoms with Crippen molar-refractivity contribution in [2.24, 2.45) is 0 Å². The maximum absolute atomic E-state index is 13.2. The standard InChI is InChI=1S/C13H14FNO2S/c1-8(16)6-13(17)15-11-4-5-18-12-3-2-9(14)7-10(11)12/h2-3,7,11H,4-6H2,1H3,(H,15,17). The summed E-state index contributed by atoms with van der Waals surface area (Å²) in [4.78, 5) is 23.5. The highest BCUT2D eigenvalue weighted by molar-refractivity contribution is 7.99. The van der Waals surface area contributed by atoms with Crippen molar-refractivity contribution in [1.82, 2.24) is 5.32 Å². The van der Waals surface area contributed by atoms with Gasteiger partial charge in [-0.15, -0.1) is 11.8 Å². The number of amides is 1. The van der Waals surface area contributed by atoms with Crippen molar-refractivity contribution in [3.05, 3.63) is 29.6 Å². The predicted octanol–water partition coefficient (Wildman–Crippen LogP) is 2.46.